The Balaban J connectivity index is 1.53. The maximum Gasteiger partial charge on any atom is 0.418 e. The molecule has 2 aromatic carbocycles. The van der Waals surface area contributed by atoms with Gasteiger partial charge < -0.3 is 10.2 Å². The third kappa shape index (κ3) is 5.48. The van der Waals surface area contributed by atoms with E-state index in [-0.39, 0.29) is 18.1 Å². The topological polar surface area (TPSA) is 52.7 Å². The van der Waals surface area contributed by atoms with E-state index in [9.17, 15) is 22.8 Å². The van der Waals surface area contributed by atoms with Gasteiger partial charge in [0.1, 0.15) is 0 Å². The number of nitrogens with zero attached hydrogens (tertiary/aromatic N) is 2. The standard InChI is InChI=1S/C20H19ClF3N3O2/c21-15-7-5-14(6-8-15)19(29)27-11-9-26(10-12-27)13-18(28)25-17-4-2-1-3-16(17)20(22,23)24/h1-8H,9-13H2,(H,25,28). The molecule has 1 fully saturated rings. The first-order valence-corrected chi connectivity index (χ1v) is 9.35. The Morgan fingerprint density at radius 2 is 1.59 bits per heavy atom. The first-order valence-electron chi connectivity index (χ1n) is 8.97. The molecule has 154 valence electrons. The van der Waals surface area contributed by atoms with Gasteiger partial charge in [-0.3, -0.25) is 14.5 Å². The Kier molecular flexibility index (Phi) is 6.44. The van der Waals surface area contributed by atoms with Crippen LogP contribution < -0.4 is 5.32 Å². The van der Waals surface area contributed by atoms with Gasteiger partial charge in [0, 0.05) is 36.8 Å². The van der Waals surface area contributed by atoms with Crippen LogP contribution >= 0.6 is 11.6 Å². The van der Waals surface area contributed by atoms with Crippen molar-refractivity contribution in [2.24, 2.45) is 0 Å². The molecule has 3 rings (SSSR count). The average Bonchev–Trinajstić information content (AvgIpc) is 2.68. The van der Waals surface area contributed by atoms with Crippen molar-refractivity contribution < 1.29 is 22.8 Å². The van der Waals surface area contributed by atoms with Gasteiger partial charge in [-0.05, 0) is 36.4 Å². The van der Waals surface area contributed by atoms with Crippen molar-refractivity contribution in [2.45, 2.75) is 6.18 Å². The zero-order valence-corrected chi connectivity index (χ0v) is 16.1. The summed E-state index contributed by atoms with van der Waals surface area (Å²) in [5, 5.41) is 2.88. The average molecular weight is 426 g/mol. The third-order valence-corrected chi connectivity index (χ3v) is 4.88. The number of rotatable bonds is 4. The van der Waals surface area contributed by atoms with E-state index in [0.29, 0.717) is 36.8 Å². The van der Waals surface area contributed by atoms with Gasteiger partial charge in [-0.1, -0.05) is 23.7 Å². The number of nitrogens with one attached hydrogen (secondary N) is 1. The lowest BCUT2D eigenvalue weighted by Crippen LogP contribution is -2.50. The van der Waals surface area contributed by atoms with E-state index < -0.39 is 17.6 Å². The molecule has 0 bridgehead atoms. The highest BCUT2D eigenvalue weighted by Crippen LogP contribution is 2.34. The molecule has 5 nitrogen and oxygen atoms in total. The van der Waals surface area contributed by atoms with Crippen LogP contribution in [0, 0.1) is 0 Å². The molecule has 1 saturated heterocycles. The zero-order chi connectivity index (χ0) is 21.0. The highest BCUT2D eigenvalue weighted by atomic mass is 35.5. The number of amides is 2. The molecule has 0 unspecified atom stereocenters. The zero-order valence-electron chi connectivity index (χ0n) is 15.4. The van der Waals surface area contributed by atoms with Crippen LogP contribution in [-0.4, -0.2) is 54.3 Å². The smallest absolute Gasteiger partial charge is 0.336 e. The van der Waals surface area contributed by atoms with Crippen LogP contribution in [0.5, 0.6) is 0 Å². The van der Waals surface area contributed by atoms with Crippen LogP contribution in [0.15, 0.2) is 48.5 Å². The molecular weight excluding hydrogens is 407 g/mol. The van der Waals surface area contributed by atoms with Crippen molar-refractivity contribution in [3.05, 3.63) is 64.7 Å². The predicted octanol–water partition coefficient (Wildman–Crippen LogP) is 3.76. The van der Waals surface area contributed by atoms with Crippen molar-refractivity contribution in [1.82, 2.24) is 9.80 Å². The molecule has 0 atom stereocenters. The number of carbonyl (C=O) groups excluding carboxylic acids is 2. The van der Waals surface area contributed by atoms with E-state index in [1.165, 1.54) is 18.2 Å². The second kappa shape index (κ2) is 8.84. The number of para-hydroxylation sites is 1. The number of carbonyl (C=O) groups is 2. The van der Waals surface area contributed by atoms with Crippen molar-refractivity contribution in [3.63, 3.8) is 0 Å². The van der Waals surface area contributed by atoms with E-state index in [2.05, 4.69) is 5.32 Å². The minimum Gasteiger partial charge on any atom is -0.336 e. The molecule has 0 radical (unpaired) electrons. The second-order valence-corrected chi connectivity index (χ2v) is 7.10. The molecule has 0 aromatic heterocycles. The summed E-state index contributed by atoms with van der Waals surface area (Å²) in [6.07, 6.45) is -4.54. The Hall–Kier alpha value is -2.58. The van der Waals surface area contributed by atoms with Gasteiger partial charge in [0.15, 0.2) is 0 Å². The maximum atomic E-state index is 13.0. The van der Waals surface area contributed by atoms with Crippen molar-refractivity contribution in [3.8, 4) is 0 Å². The number of anilines is 1. The molecular formula is C20H19ClF3N3O2. The summed E-state index contributed by atoms with van der Waals surface area (Å²) in [5.41, 5.74) is -0.613. The Labute approximate surface area is 171 Å². The molecule has 1 aliphatic rings. The van der Waals surface area contributed by atoms with E-state index in [0.717, 1.165) is 6.07 Å². The normalized spacial score (nSPS) is 15.2. The molecule has 2 amide bonds. The molecule has 2 aromatic rings. The monoisotopic (exact) mass is 425 g/mol. The van der Waals surface area contributed by atoms with E-state index in [4.69, 9.17) is 11.6 Å². The van der Waals surface area contributed by atoms with Crippen molar-refractivity contribution in [1.29, 1.82) is 0 Å². The third-order valence-electron chi connectivity index (χ3n) is 4.62. The summed E-state index contributed by atoms with van der Waals surface area (Å²) < 4.78 is 39.1. The highest BCUT2D eigenvalue weighted by Gasteiger charge is 2.33. The summed E-state index contributed by atoms with van der Waals surface area (Å²) in [4.78, 5) is 28.2. The summed E-state index contributed by atoms with van der Waals surface area (Å²) in [6.45, 7) is 1.71. The van der Waals surface area contributed by atoms with E-state index in [1.54, 1.807) is 34.1 Å². The molecule has 0 spiro atoms. The number of benzene rings is 2. The fourth-order valence-electron chi connectivity index (χ4n) is 3.12. The van der Waals surface area contributed by atoms with Crippen LogP contribution in [0.2, 0.25) is 5.02 Å². The van der Waals surface area contributed by atoms with Crippen LogP contribution in [0.4, 0.5) is 18.9 Å². The maximum absolute atomic E-state index is 13.0. The number of piperazine rings is 1. The molecule has 0 saturated carbocycles. The summed E-state index contributed by atoms with van der Waals surface area (Å²) in [7, 11) is 0. The van der Waals surface area contributed by atoms with Crippen LogP contribution in [0.25, 0.3) is 0 Å². The number of alkyl halides is 3. The van der Waals surface area contributed by atoms with Gasteiger partial charge in [0.05, 0.1) is 17.8 Å². The SMILES string of the molecule is O=C(CN1CCN(C(=O)c2ccc(Cl)cc2)CC1)Nc1ccccc1C(F)(F)F. The Morgan fingerprint density at radius 3 is 2.21 bits per heavy atom. The molecule has 1 aliphatic heterocycles. The van der Waals surface area contributed by atoms with Crippen LogP contribution in [0.1, 0.15) is 15.9 Å². The number of hydrogen-bond acceptors (Lipinski definition) is 3. The van der Waals surface area contributed by atoms with Crippen LogP contribution in [-0.2, 0) is 11.0 Å². The van der Waals surface area contributed by atoms with Gasteiger partial charge in [-0.25, -0.2) is 0 Å². The fraction of sp³-hybridized carbons (Fsp3) is 0.300. The number of halogens is 4. The summed E-state index contributed by atoms with van der Waals surface area (Å²) in [6, 6.07) is 11.5. The Morgan fingerprint density at radius 1 is 0.966 bits per heavy atom. The minimum atomic E-state index is -4.54. The van der Waals surface area contributed by atoms with E-state index in [1.807, 2.05) is 0 Å². The lowest BCUT2D eigenvalue weighted by molar-refractivity contribution is -0.137. The molecule has 0 aliphatic carbocycles. The first kappa shape index (κ1) is 21.1. The van der Waals surface area contributed by atoms with Gasteiger partial charge in [0.25, 0.3) is 5.91 Å². The molecule has 1 N–H and O–H groups in total. The van der Waals surface area contributed by atoms with Gasteiger partial charge in [0.2, 0.25) is 5.91 Å². The van der Waals surface area contributed by atoms with Crippen LogP contribution in [0.3, 0.4) is 0 Å². The molecule has 1 heterocycles. The van der Waals surface area contributed by atoms with E-state index >= 15 is 0 Å². The lowest BCUT2D eigenvalue weighted by Gasteiger charge is -2.34. The summed E-state index contributed by atoms with van der Waals surface area (Å²) in [5.74, 6) is -0.649. The van der Waals surface area contributed by atoms with Crippen molar-refractivity contribution >= 4 is 29.1 Å². The quantitative estimate of drug-likeness (QED) is 0.811. The second-order valence-electron chi connectivity index (χ2n) is 6.67. The largest absolute Gasteiger partial charge is 0.418 e. The molecule has 29 heavy (non-hydrogen) atoms. The molecule has 9 heteroatoms. The fourth-order valence-corrected chi connectivity index (χ4v) is 3.24. The first-order chi connectivity index (χ1) is 13.7. The number of hydrogen-bond donors (Lipinski definition) is 1. The predicted molar refractivity (Wildman–Crippen MR) is 104 cm³/mol. The highest BCUT2D eigenvalue weighted by molar-refractivity contribution is 6.30. The van der Waals surface area contributed by atoms with Gasteiger partial charge in [-0.15, -0.1) is 0 Å². The lowest BCUT2D eigenvalue weighted by atomic mass is 10.1. The summed E-state index contributed by atoms with van der Waals surface area (Å²) >= 11 is 5.83. The Bertz CT molecular complexity index is 879. The van der Waals surface area contributed by atoms with Gasteiger partial charge in [-0.2, -0.15) is 13.2 Å². The minimum absolute atomic E-state index is 0.0465. The van der Waals surface area contributed by atoms with Gasteiger partial charge >= 0.3 is 6.18 Å². The van der Waals surface area contributed by atoms with Crippen molar-refractivity contribution in [2.75, 3.05) is 38.0 Å².